The Morgan fingerprint density at radius 3 is 2.49 bits per heavy atom. The number of methoxy groups -OCH3 is 2. The number of imide groups is 1. The predicted molar refractivity (Wildman–Crippen MR) is 226 cm³/mol. The van der Waals surface area contributed by atoms with Gasteiger partial charge in [-0.25, -0.2) is 4.79 Å². The van der Waals surface area contributed by atoms with Crippen molar-refractivity contribution in [2.45, 2.75) is 77.7 Å². The van der Waals surface area contributed by atoms with E-state index in [-0.39, 0.29) is 66.0 Å². The number of carbonyl (C=O) groups excluding carboxylic acids is 5. The zero-order valence-corrected chi connectivity index (χ0v) is 35.5. The van der Waals surface area contributed by atoms with Crippen LogP contribution in [0.4, 0.5) is 10.5 Å². The van der Waals surface area contributed by atoms with Crippen LogP contribution in [0.25, 0.3) is 17.1 Å². The quantitative estimate of drug-likeness (QED) is 0.121. The molecule has 5 amide bonds. The molecule has 2 unspecified atom stereocenters. The fourth-order valence-electron chi connectivity index (χ4n) is 8.63. The van der Waals surface area contributed by atoms with Gasteiger partial charge in [-0.3, -0.25) is 39.3 Å². The van der Waals surface area contributed by atoms with Crippen molar-refractivity contribution in [3.63, 3.8) is 0 Å². The monoisotopic (exact) mass is 860 g/mol. The molecule has 18 heteroatoms. The summed E-state index contributed by atoms with van der Waals surface area (Å²) < 4.78 is 19.0. The maximum absolute atomic E-state index is 13.5. The first-order valence-corrected chi connectivity index (χ1v) is 20.7. The maximum atomic E-state index is 13.5. The smallest absolute Gasteiger partial charge is 0.417 e. The Balaban J connectivity index is 0.988. The van der Waals surface area contributed by atoms with Crippen molar-refractivity contribution >= 4 is 35.4 Å². The van der Waals surface area contributed by atoms with Gasteiger partial charge in [0, 0.05) is 81.2 Å². The minimum Gasteiger partial charge on any atom is -0.508 e. The largest absolute Gasteiger partial charge is 0.508 e. The number of nitrogens with zero attached hydrogens (tertiary/aromatic N) is 5. The van der Waals surface area contributed by atoms with Crippen LogP contribution < -0.4 is 16.0 Å². The molecule has 0 radical (unpaired) electrons. The molecule has 3 aliphatic heterocycles. The molecule has 1 fully saturated rings. The molecule has 4 aliphatic rings. The summed E-state index contributed by atoms with van der Waals surface area (Å²) in [4.78, 5) is 68.0. The molecule has 63 heavy (non-hydrogen) atoms. The van der Waals surface area contributed by atoms with Gasteiger partial charge in [0.25, 0.3) is 11.8 Å². The Labute approximate surface area is 362 Å². The predicted octanol–water partition coefficient (Wildman–Crippen LogP) is 4.75. The lowest BCUT2D eigenvalue weighted by atomic mass is 9.98. The van der Waals surface area contributed by atoms with Gasteiger partial charge in [0.15, 0.2) is 17.3 Å². The highest BCUT2D eigenvalue weighted by Gasteiger charge is 2.40. The van der Waals surface area contributed by atoms with Gasteiger partial charge >= 0.3 is 6.09 Å². The Kier molecular flexibility index (Phi) is 11.8. The van der Waals surface area contributed by atoms with Crippen molar-refractivity contribution < 1.29 is 48.4 Å². The molecule has 1 aliphatic carbocycles. The third-order valence-electron chi connectivity index (χ3n) is 11.7. The number of carbonyl (C=O) groups is 5. The molecule has 4 heterocycles. The van der Waals surface area contributed by atoms with Crippen molar-refractivity contribution in [2.24, 2.45) is 0 Å². The number of allylic oxidation sites excluding steroid dienone is 1. The van der Waals surface area contributed by atoms with E-state index in [1.54, 1.807) is 35.8 Å². The molecule has 328 valence electrons. The number of aromatic hydroxyl groups is 2. The van der Waals surface area contributed by atoms with E-state index in [1.807, 2.05) is 38.1 Å². The zero-order chi connectivity index (χ0) is 44.7. The number of piperidine rings is 1. The van der Waals surface area contributed by atoms with E-state index in [0.29, 0.717) is 72.0 Å². The molecule has 0 bridgehead atoms. The lowest BCUT2D eigenvalue weighted by Gasteiger charge is -2.29. The van der Waals surface area contributed by atoms with Crippen molar-refractivity contribution in [1.82, 2.24) is 35.2 Å². The fourth-order valence-corrected chi connectivity index (χ4v) is 8.63. The van der Waals surface area contributed by atoms with Crippen molar-refractivity contribution in [2.75, 3.05) is 32.6 Å². The van der Waals surface area contributed by atoms with Crippen LogP contribution in [0.15, 0.2) is 71.7 Å². The normalized spacial score (nSPS) is 18.6. The summed E-state index contributed by atoms with van der Waals surface area (Å²) in [5, 5.41) is 37.9. The summed E-state index contributed by atoms with van der Waals surface area (Å²) in [7, 11) is 3.00. The number of hydrogen-bond acceptors (Lipinski definition) is 13. The highest BCUT2D eigenvalue weighted by molar-refractivity contribution is 6.06. The van der Waals surface area contributed by atoms with E-state index in [9.17, 15) is 34.2 Å². The molecule has 8 rings (SSSR count). The molecule has 0 saturated carbocycles. The van der Waals surface area contributed by atoms with Crippen LogP contribution in [0.1, 0.15) is 89.2 Å². The maximum Gasteiger partial charge on any atom is 0.417 e. The lowest BCUT2D eigenvalue weighted by Crippen LogP contribution is -2.52. The number of amides is 5. The van der Waals surface area contributed by atoms with E-state index in [4.69, 9.17) is 14.2 Å². The van der Waals surface area contributed by atoms with Gasteiger partial charge < -0.3 is 34.6 Å². The molecule has 18 nitrogen and oxygen atoms in total. The Hall–Kier alpha value is -7.05. The molecule has 1 aromatic heterocycles. The molecule has 5 N–H and O–H groups in total. The van der Waals surface area contributed by atoms with E-state index >= 15 is 0 Å². The number of fused-ring (bicyclic) bond motifs is 2. The van der Waals surface area contributed by atoms with Gasteiger partial charge in [-0.15, -0.1) is 10.2 Å². The summed E-state index contributed by atoms with van der Waals surface area (Å²) in [6, 6.07) is 12.9. The number of aromatic nitrogens is 3. The second kappa shape index (κ2) is 17.4. The number of anilines is 1. The number of phenolic OH excluding ortho intramolecular Hbond substituents is 2. The SMILES string of the molecule is CCNC(=O)c1nnc(-c2cc(C(C)C)c(O)cc2O)n1-c1ccc2c(c1)CN(CC1=CC(OC)=C(OC(=O)Nc3cccc4c3CN(C3CCC(=O)NC3=O)C4=O)C(OC)C1)C2. The summed E-state index contributed by atoms with van der Waals surface area (Å²) >= 11 is 0. The van der Waals surface area contributed by atoms with Gasteiger partial charge in [0.05, 0.1) is 12.7 Å². The number of rotatable bonds is 12. The highest BCUT2D eigenvalue weighted by atomic mass is 16.6. The second-order valence-electron chi connectivity index (χ2n) is 16.1. The average Bonchev–Trinajstić information content (AvgIpc) is 3.96. The van der Waals surface area contributed by atoms with Crippen molar-refractivity contribution in [3.8, 4) is 28.6 Å². The molecule has 2 atom stereocenters. The fraction of sp³-hybridized carbons (Fsp3) is 0.356. The third kappa shape index (κ3) is 8.21. The van der Waals surface area contributed by atoms with Crippen LogP contribution in [0.3, 0.4) is 0 Å². The first-order chi connectivity index (χ1) is 30.3. The Morgan fingerprint density at radius 2 is 1.76 bits per heavy atom. The van der Waals surface area contributed by atoms with Crippen LogP contribution in [-0.2, 0) is 43.4 Å². The van der Waals surface area contributed by atoms with Gasteiger partial charge in [0.1, 0.15) is 23.6 Å². The van der Waals surface area contributed by atoms with Gasteiger partial charge in [-0.1, -0.05) is 26.0 Å². The molecule has 4 aromatic rings. The van der Waals surface area contributed by atoms with E-state index in [0.717, 1.165) is 16.7 Å². The molecule has 0 spiro atoms. The lowest BCUT2D eigenvalue weighted by molar-refractivity contribution is -0.136. The first-order valence-electron chi connectivity index (χ1n) is 20.7. The van der Waals surface area contributed by atoms with Crippen molar-refractivity contribution in [3.05, 3.63) is 105 Å². The standard InChI is InChI=1S/C45H48N8O10/c1-6-46-43(58)41-50-49-40(30-17-29(23(2)3)34(54)18-35(30)55)53(41)27-11-10-25-20-51(21-26(25)16-27)19-24-14-36(61-4)39(37(15-24)62-5)63-45(60)47-32-9-7-8-28-31(32)22-52(44(28)59)33-12-13-38(56)48-42(33)57/h7-11,14,16-18,23,33,37,54-55H,6,12-13,15,19-22H2,1-5H3,(H,46,58)(H,47,60)(H,48,56,57). The van der Waals surface area contributed by atoms with Crippen molar-refractivity contribution in [1.29, 1.82) is 0 Å². The van der Waals surface area contributed by atoms with Crippen LogP contribution in [0, 0.1) is 0 Å². The number of phenols is 2. The number of ether oxygens (including phenoxy) is 3. The topological polar surface area (TPSA) is 227 Å². The summed E-state index contributed by atoms with van der Waals surface area (Å²) in [6.07, 6.45) is 1.08. The van der Waals surface area contributed by atoms with E-state index < -0.39 is 30.1 Å². The van der Waals surface area contributed by atoms with Gasteiger partial charge in [0.2, 0.25) is 17.6 Å². The highest BCUT2D eigenvalue weighted by Crippen LogP contribution is 2.39. The third-order valence-corrected chi connectivity index (χ3v) is 11.7. The van der Waals surface area contributed by atoms with E-state index in [2.05, 4.69) is 31.0 Å². The van der Waals surface area contributed by atoms with Crippen LogP contribution in [-0.4, -0.2) is 104 Å². The van der Waals surface area contributed by atoms with Crippen LogP contribution in [0.2, 0.25) is 0 Å². The number of benzene rings is 3. The Morgan fingerprint density at radius 1 is 0.968 bits per heavy atom. The summed E-state index contributed by atoms with van der Waals surface area (Å²) in [5.74, 6) is -1.23. The zero-order valence-electron chi connectivity index (χ0n) is 35.5. The van der Waals surface area contributed by atoms with Crippen LogP contribution in [0.5, 0.6) is 11.5 Å². The Bertz CT molecular complexity index is 2620. The van der Waals surface area contributed by atoms with Gasteiger partial charge in [-0.05, 0) is 77.9 Å². The molecular formula is C45H48N8O10. The molecule has 3 aromatic carbocycles. The second-order valence-corrected chi connectivity index (χ2v) is 16.1. The minimum atomic E-state index is -0.822. The molecular weight excluding hydrogens is 813 g/mol. The summed E-state index contributed by atoms with van der Waals surface area (Å²) in [6.45, 7) is 7.82. The minimum absolute atomic E-state index is 0.0422. The number of hydrogen-bond donors (Lipinski definition) is 5. The first kappa shape index (κ1) is 42.6. The van der Waals surface area contributed by atoms with E-state index in [1.165, 1.54) is 25.2 Å². The van der Waals surface area contributed by atoms with Gasteiger partial charge in [-0.2, -0.15) is 0 Å². The van der Waals surface area contributed by atoms with Crippen LogP contribution >= 0.6 is 0 Å². The molecule has 1 saturated heterocycles. The number of nitrogens with one attached hydrogen (secondary N) is 3. The summed E-state index contributed by atoms with van der Waals surface area (Å²) in [5.41, 5.74) is 5.83. The average molecular weight is 861 g/mol.